The van der Waals surface area contributed by atoms with E-state index in [4.69, 9.17) is 0 Å². The van der Waals surface area contributed by atoms with Crippen molar-refractivity contribution in [3.8, 4) is 0 Å². The van der Waals surface area contributed by atoms with Crippen molar-refractivity contribution in [3.05, 3.63) is 50.6 Å². The molecule has 1 heterocycles. The van der Waals surface area contributed by atoms with Gasteiger partial charge in [0.2, 0.25) is 0 Å². The van der Waals surface area contributed by atoms with Crippen LogP contribution in [0.3, 0.4) is 0 Å². The molecule has 0 aliphatic heterocycles. The molecule has 1 aliphatic rings. The lowest BCUT2D eigenvalue weighted by molar-refractivity contribution is 0.112. The highest BCUT2D eigenvalue weighted by atomic mass is 79.9. The average molecular weight is 336 g/mol. The molecule has 0 N–H and O–H groups in total. The predicted molar refractivity (Wildman–Crippen MR) is 83.1 cm³/mol. The van der Waals surface area contributed by atoms with Crippen LogP contribution in [0.15, 0.2) is 40.2 Å². The second-order valence-corrected chi connectivity index (χ2v) is 6.65. The summed E-state index contributed by atoms with van der Waals surface area (Å²) in [7, 11) is 0. The van der Waals surface area contributed by atoms with Crippen LogP contribution in [-0.2, 0) is 6.54 Å². The quantitative estimate of drug-likeness (QED) is 0.750. The molecule has 0 saturated heterocycles. The summed E-state index contributed by atoms with van der Waals surface area (Å²) >= 11 is 5.38. The van der Waals surface area contributed by atoms with Gasteiger partial charge in [-0.25, -0.2) is 0 Å². The molecule has 0 radical (unpaired) electrons. The summed E-state index contributed by atoms with van der Waals surface area (Å²) < 4.78 is 1.00. The maximum Gasteiger partial charge on any atom is 0.150 e. The van der Waals surface area contributed by atoms with Crippen molar-refractivity contribution >= 4 is 39.2 Å². The third-order valence-corrected chi connectivity index (χ3v) is 4.81. The maximum absolute atomic E-state index is 10.8. The molecule has 1 fully saturated rings. The van der Waals surface area contributed by atoms with Crippen LogP contribution in [0.5, 0.6) is 0 Å². The number of benzene rings is 1. The first-order valence-electron chi connectivity index (χ1n) is 6.31. The van der Waals surface area contributed by atoms with Crippen LogP contribution < -0.4 is 4.90 Å². The highest BCUT2D eigenvalue weighted by molar-refractivity contribution is 9.10. The van der Waals surface area contributed by atoms with Crippen LogP contribution >= 0.6 is 27.3 Å². The van der Waals surface area contributed by atoms with Crippen molar-refractivity contribution in [1.29, 1.82) is 0 Å². The van der Waals surface area contributed by atoms with Gasteiger partial charge in [-0.15, -0.1) is 11.3 Å². The van der Waals surface area contributed by atoms with Gasteiger partial charge in [-0.2, -0.15) is 0 Å². The number of thiophene rings is 1. The number of carbonyl (C=O) groups is 1. The SMILES string of the molecule is O=Cc1ccc(N(Cc2cccs2)C2CC2)c(Br)c1. The normalized spacial score (nSPS) is 14.4. The fourth-order valence-corrected chi connectivity index (χ4v) is 3.52. The van der Waals surface area contributed by atoms with Crippen LogP contribution in [0, 0.1) is 0 Å². The first kappa shape index (κ1) is 12.9. The van der Waals surface area contributed by atoms with Crippen molar-refractivity contribution in [2.24, 2.45) is 0 Å². The summed E-state index contributed by atoms with van der Waals surface area (Å²) in [6, 6.07) is 10.7. The van der Waals surface area contributed by atoms with Gasteiger partial charge >= 0.3 is 0 Å². The molecular weight excluding hydrogens is 322 g/mol. The topological polar surface area (TPSA) is 20.3 Å². The summed E-state index contributed by atoms with van der Waals surface area (Å²) in [6.45, 7) is 0.946. The van der Waals surface area contributed by atoms with Gasteiger partial charge in [0.15, 0.2) is 0 Å². The average Bonchev–Trinajstić information content (AvgIpc) is 3.14. The largest absolute Gasteiger partial charge is 0.362 e. The van der Waals surface area contributed by atoms with E-state index in [1.807, 2.05) is 18.2 Å². The summed E-state index contributed by atoms with van der Waals surface area (Å²) in [5.74, 6) is 0. The Labute approximate surface area is 125 Å². The second-order valence-electron chi connectivity index (χ2n) is 4.77. The zero-order chi connectivity index (χ0) is 13.2. The highest BCUT2D eigenvalue weighted by Gasteiger charge is 2.30. The lowest BCUT2D eigenvalue weighted by Gasteiger charge is -2.25. The van der Waals surface area contributed by atoms with Crippen LogP contribution in [0.2, 0.25) is 0 Å². The van der Waals surface area contributed by atoms with Crippen molar-refractivity contribution in [1.82, 2.24) is 0 Å². The molecule has 0 amide bonds. The standard InChI is InChI=1S/C15H14BrNOS/c16-14-8-11(10-18)3-6-15(14)17(12-4-5-12)9-13-2-1-7-19-13/h1-3,6-8,10,12H,4-5,9H2. The number of anilines is 1. The smallest absolute Gasteiger partial charge is 0.150 e. The van der Waals surface area contributed by atoms with Gasteiger partial charge in [-0.3, -0.25) is 4.79 Å². The molecule has 1 aliphatic carbocycles. The summed E-state index contributed by atoms with van der Waals surface area (Å²) in [5, 5.41) is 2.12. The van der Waals surface area contributed by atoms with Crippen LogP contribution in [-0.4, -0.2) is 12.3 Å². The molecule has 2 nitrogen and oxygen atoms in total. The van der Waals surface area contributed by atoms with Gasteiger partial charge in [-0.1, -0.05) is 6.07 Å². The van der Waals surface area contributed by atoms with Gasteiger partial charge in [0.25, 0.3) is 0 Å². The van der Waals surface area contributed by atoms with E-state index in [2.05, 4.69) is 38.3 Å². The Balaban J connectivity index is 1.89. The molecule has 1 aromatic carbocycles. The monoisotopic (exact) mass is 335 g/mol. The zero-order valence-corrected chi connectivity index (χ0v) is 12.8. The van der Waals surface area contributed by atoms with E-state index in [1.165, 1.54) is 23.4 Å². The van der Waals surface area contributed by atoms with Crippen molar-refractivity contribution in [2.75, 3.05) is 4.90 Å². The number of halogens is 1. The van der Waals surface area contributed by atoms with E-state index >= 15 is 0 Å². The number of carbonyl (C=O) groups excluding carboxylic acids is 1. The molecular formula is C15H14BrNOS. The molecule has 4 heteroatoms. The number of nitrogens with zero attached hydrogens (tertiary/aromatic N) is 1. The van der Waals surface area contributed by atoms with Gasteiger partial charge in [0, 0.05) is 21.0 Å². The number of hydrogen-bond acceptors (Lipinski definition) is 3. The molecule has 0 spiro atoms. The summed E-state index contributed by atoms with van der Waals surface area (Å²) in [6.07, 6.45) is 3.40. The van der Waals surface area contributed by atoms with Crippen LogP contribution in [0.1, 0.15) is 28.1 Å². The Bertz CT molecular complexity index is 578. The number of hydrogen-bond donors (Lipinski definition) is 0. The van der Waals surface area contributed by atoms with Crippen molar-refractivity contribution in [3.63, 3.8) is 0 Å². The molecule has 2 aromatic rings. The lowest BCUT2D eigenvalue weighted by atomic mass is 10.2. The first-order chi connectivity index (χ1) is 9.28. The Morgan fingerprint density at radius 1 is 1.37 bits per heavy atom. The van der Waals surface area contributed by atoms with Crippen molar-refractivity contribution in [2.45, 2.75) is 25.4 Å². The van der Waals surface area contributed by atoms with E-state index < -0.39 is 0 Å². The fraction of sp³-hybridized carbons (Fsp3) is 0.267. The van der Waals surface area contributed by atoms with Gasteiger partial charge in [-0.05, 0) is 58.4 Å². The summed E-state index contributed by atoms with van der Waals surface area (Å²) in [5.41, 5.74) is 1.89. The second kappa shape index (κ2) is 5.47. The number of aldehydes is 1. The van der Waals surface area contributed by atoms with Gasteiger partial charge < -0.3 is 4.90 Å². The Morgan fingerprint density at radius 3 is 2.79 bits per heavy atom. The molecule has 1 aromatic heterocycles. The molecule has 1 saturated carbocycles. The Hall–Kier alpha value is -1.13. The van der Waals surface area contributed by atoms with E-state index in [0.29, 0.717) is 11.6 Å². The minimum absolute atomic E-state index is 0.639. The molecule has 3 rings (SSSR count). The molecule has 0 unspecified atom stereocenters. The van der Waals surface area contributed by atoms with Gasteiger partial charge in [0.1, 0.15) is 6.29 Å². The molecule has 19 heavy (non-hydrogen) atoms. The summed E-state index contributed by atoms with van der Waals surface area (Å²) in [4.78, 5) is 14.6. The third-order valence-electron chi connectivity index (χ3n) is 3.31. The van der Waals surface area contributed by atoms with E-state index in [-0.39, 0.29) is 0 Å². The van der Waals surface area contributed by atoms with E-state index in [0.717, 1.165) is 17.3 Å². The Kier molecular flexibility index (Phi) is 3.71. The maximum atomic E-state index is 10.8. The third kappa shape index (κ3) is 2.90. The van der Waals surface area contributed by atoms with Crippen LogP contribution in [0.4, 0.5) is 5.69 Å². The van der Waals surface area contributed by atoms with E-state index in [1.54, 1.807) is 11.3 Å². The van der Waals surface area contributed by atoms with Crippen LogP contribution in [0.25, 0.3) is 0 Å². The fourth-order valence-electron chi connectivity index (χ4n) is 2.20. The minimum Gasteiger partial charge on any atom is -0.362 e. The first-order valence-corrected chi connectivity index (χ1v) is 7.99. The molecule has 0 atom stereocenters. The van der Waals surface area contributed by atoms with Gasteiger partial charge in [0.05, 0.1) is 12.2 Å². The lowest BCUT2D eigenvalue weighted by Crippen LogP contribution is -2.24. The molecule has 98 valence electrons. The minimum atomic E-state index is 0.639. The van der Waals surface area contributed by atoms with Crippen molar-refractivity contribution < 1.29 is 4.79 Å². The number of rotatable bonds is 5. The molecule has 0 bridgehead atoms. The Morgan fingerprint density at radius 2 is 2.21 bits per heavy atom. The predicted octanol–water partition coefficient (Wildman–Crippen LogP) is 4.49. The highest BCUT2D eigenvalue weighted by Crippen LogP contribution is 2.37. The zero-order valence-electron chi connectivity index (χ0n) is 10.4. The van der Waals surface area contributed by atoms with E-state index in [9.17, 15) is 4.79 Å².